The first-order valence-electron chi connectivity index (χ1n) is 5.14. The van der Waals surface area contributed by atoms with Gasteiger partial charge in [-0.2, -0.15) is 0 Å². The molecule has 0 N–H and O–H groups in total. The van der Waals surface area contributed by atoms with Gasteiger partial charge in [-0.05, 0) is 23.8 Å². The van der Waals surface area contributed by atoms with E-state index in [1.807, 2.05) is 30.3 Å². The second kappa shape index (κ2) is 5.42. The Labute approximate surface area is 104 Å². The van der Waals surface area contributed by atoms with Crippen LogP contribution < -0.4 is 0 Å². The van der Waals surface area contributed by atoms with Gasteiger partial charge in [0.15, 0.2) is 6.61 Å². The van der Waals surface area contributed by atoms with Gasteiger partial charge >= 0.3 is 5.84 Å². The van der Waals surface area contributed by atoms with Crippen molar-refractivity contribution < 1.29 is 4.84 Å². The van der Waals surface area contributed by atoms with Crippen LogP contribution in [0.25, 0.3) is 15.7 Å². The van der Waals surface area contributed by atoms with Crippen LogP contribution in [0.5, 0.6) is 0 Å². The molecule has 2 rings (SSSR count). The number of nitrogens with zero attached hydrogens (tertiary/aromatic N) is 4. The van der Waals surface area contributed by atoms with E-state index in [0.29, 0.717) is 0 Å². The van der Waals surface area contributed by atoms with Gasteiger partial charge in [0.2, 0.25) is 0 Å². The van der Waals surface area contributed by atoms with Crippen LogP contribution in [0.15, 0.2) is 41.7 Å². The van der Waals surface area contributed by atoms with Crippen LogP contribution in [0.1, 0.15) is 5.56 Å². The summed E-state index contributed by atoms with van der Waals surface area (Å²) in [5, 5.41) is 12.9. The topological polar surface area (TPSA) is 62.6 Å². The molecule has 0 radical (unpaired) electrons. The van der Waals surface area contributed by atoms with E-state index in [9.17, 15) is 0 Å². The standard InChI is InChI=1S/C13H8N4O/c1-15-13(8-14)17-18-9-10-4-5-12-11(7-10)3-2-6-16-12/h2-7H,9H2/b17-13+. The largest absolute Gasteiger partial charge is 0.392 e. The highest BCUT2D eigenvalue weighted by atomic mass is 16.6. The molecule has 0 amide bonds. The van der Waals surface area contributed by atoms with Crippen molar-refractivity contribution in [2.75, 3.05) is 0 Å². The smallest absolute Gasteiger partial charge is 0.348 e. The van der Waals surface area contributed by atoms with E-state index in [1.165, 1.54) is 0 Å². The van der Waals surface area contributed by atoms with Crippen molar-refractivity contribution in [3.05, 3.63) is 53.5 Å². The third kappa shape index (κ3) is 2.60. The number of nitriles is 1. The predicted molar refractivity (Wildman–Crippen MR) is 66.2 cm³/mol. The first-order valence-corrected chi connectivity index (χ1v) is 5.14. The molecule has 5 heteroatoms. The summed E-state index contributed by atoms with van der Waals surface area (Å²) in [6, 6.07) is 11.1. The van der Waals surface area contributed by atoms with Crippen LogP contribution in [-0.4, -0.2) is 10.8 Å². The molecule has 0 saturated heterocycles. The van der Waals surface area contributed by atoms with E-state index >= 15 is 0 Å². The zero-order chi connectivity index (χ0) is 12.8. The lowest BCUT2D eigenvalue weighted by atomic mass is 10.1. The van der Waals surface area contributed by atoms with Gasteiger partial charge in [0.25, 0.3) is 0 Å². The summed E-state index contributed by atoms with van der Waals surface area (Å²) in [7, 11) is 0. The van der Waals surface area contributed by atoms with E-state index in [0.717, 1.165) is 16.5 Å². The van der Waals surface area contributed by atoms with Gasteiger partial charge in [0, 0.05) is 11.6 Å². The quantitative estimate of drug-likeness (QED) is 0.356. The fourth-order valence-electron chi connectivity index (χ4n) is 1.45. The minimum atomic E-state index is -0.308. The number of oxime groups is 1. The summed E-state index contributed by atoms with van der Waals surface area (Å²) in [6.45, 7) is 6.85. The Morgan fingerprint density at radius 2 is 2.39 bits per heavy atom. The lowest BCUT2D eigenvalue weighted by Gasteiger charge is -1.99. The molecule has 0 aliphatic heterocycles. The maximum Gasteiger partial charge on any atom is 0.392 e. The number of benzene rings is 1. The third-order valence-corrected chi connectivity index (χ3v) is 2.26. The summed E-state index contributed by atoms with van der Waals surface area (Å²) in [6.07, 6.45) is 1.73. The second-order valence-corrected chi connectivity index (χ2v) is 3.44. The van der Waals surface area contributed by atoms with E-state index in [2.05, 4.69) is 15.0 Å². The van der Waals surface area contributed by atoms with Gasteiger partial charge in [0.05, 0.1) is 10.7 Å². The maximum absolute atomic E-state index is 8.48. The first kappa shape index (κ1) is 11.6. The number of hydrogen-bond donors (Lipinski definition) is 0. The molecule has 0 aliphatic carbocycles. The normalized spacial score (nSPS) is 10.7. The molecule has 5 nitrogen and oxygen atoms in total. The van der Waals surface area contributed by atoms with Crippen LogP contribution in [-0.2, 0) is 11.4 Å². The molecule has 1 aromatic heterocycles. The molecule has 0 saturated carbocycles. The molecular weight excluding hydrogens is 228 g/mol. The average Bonchev–Trinajstić information content (AvgIpc) is 2.43. The lowest BCUT2D eigenvalue weighted by molar-refractivity contribution is 0.131. The Bertz CT molecular complexity index is 663. The maximum atomic E-state index is 8.48. The van der Waals surface area contributed by atoms with Crippen LogP contribution in [0, 0.1) is 17.9 Å². The summed E-state index contributed by atoms with van der Waals surface area (Å²) in [5.41, 5.74) is 1.81. The highest BCUT2D eigenvalue weighted by molar-refractivity contribution is 6.03. The van der Waals surface area contributed by atoms with Gasteiger partial charge in [-0.3, -0.25) is 4.98 Å². The Hall–Kier alpha value is -2.92. The molecule has 18 heavy (non-hydrogen) atoms. The van der Waals surface area contributed by atoms with Crippen LogP contribution in [0.4, 0.5) is 0 Å². The molecular formula is C13H8N4O. The molecule has 86 valence electrons. The molecule has 1 aromatic carbocycles. The number of aromatic nitrogens is 1. The number of hydrogen-bond acceptors (Lipinski definition) is 4. The summed E-state index contributed by atoms with van der Waals surface area (Å²) in [5.74, 6) is -0.308. The molecule has 0 spiro atoms. The van der Waals surface area contributed by atoms with E-state index in [4.69, 9.17) is 16.7 Å². The molecule has 0 unspecified atom stereocenters. The fraction of sp³-hybridized carbons (Fsp3) is 0.0769. The second-order valence-electron chi connectivity index (χ2n) is 3.44. The van der Waals surface area contributed by atoms with Crippen molar-refractivity contribution in [3.8, 4) is 6.07 Å². The van der Waals surface area contributed by atoms with Crippen LogP contribution >= 0.6 is 0 Å². The number of amidine groups is 1. The summed E-state index contributed by atoms with van der Waals surface area (Å²) >= 11 is 0. The highest BCUT2D eigenvalue weighted by Gasteiger charge is 2.00. The average molecular weight is 236 g/mol. The van der Waals surface area contributed by atoms with E-state index in [-0.39, 0.29) is 12.4 Å². The van der Waals surface area contributed by atoms with Crippen molar-refractivity contribution in [2.24, 2.45) is 5.16 Å². The van der Waals surface area contributed by atoms with Gasteiger partial charge in [-0.15, -0.1) is 0 Å². The van der Waals surface area contributed by atoms with Gasteiger partial charge in [-0.1, -0.05) is 18.7 Å². The third-order valence-electron chi connectivity index (χ3n) is 2.26. The van der Waals surface area contributed by atoms with Crippen molar-refractivity contribution in [1.82, 2.24) is 4.98 Å². The number of fused-ring (bicyclic) bond motifs is 1. The highest BCUT2D eigenvalue weighted by Crippen LogP contribution is 2.13. The Morgan fingerprint density at radius 1 is 1.50 bits per heavy atom. The monoisotopic (exact) mass is 236 g/mol. The minimum absolute atomic E-state index is 0.214. The fourth-order valence-corrected chi connectivity index (χ4v) is 1.45. The summed E-state index contributed by atoms with van der Waals surface area (Å²) < 4.78 is 0. The Kier molecular flexibility index (Phi) is 3.48. The minimum Gasteiger partial charge on any atom is -0.348 e. The zero-order valence-electron chi connectivity index (χ0n) is 9.37. The molecule has 0 atom stereocenters. The van der Waals surface area contributed by atoms with Gasteiger partial charge in [-0.25, -0.2) is 5.26 Å². The van der Waals surface area contributed by atoms with Crippen molar-refractivity contribution >= 4 is 16.7 Å². The van der Waals surface area contributed by atoms with Crippen molar-refractivity contribution in [1.29, 1.82) is 5.26 Å². The zero-order valence-corrected chi connectivity index (χ0v) is 9.37. The lowest BCUT2D eigenvalue weighted by Crippen LogP contribution is -1.91. The Balaban J connectivity index is 2.12. The number of pyridine rings is 1. The molecule has 0 bridgehead atoms. The predicted octanol–water partition coefficient (Wildman–Crippen LogP) is 2.51. The van der Waals surface area contributed by atoms with Crippen molar-refractivity contribution in [2.45, 2.75) is 6.61 Å². The first-order chi connectivity index (χ1) is 8.83. The molecule has 0 fully saturated rings. The summed E-state index contributed by atoms with van der Waals surface area (Å²) in [4.78, 5) is 12.0. The SMILES string of the molecule is [C-]#[N+]/C(C#N)=N/OCc1ccc2ncccc2c1. The Morgan fingerprint density at radius 3 is 3.17 bits per heavy atom. The van der Waals surface area contributed by atoms with Crippen LogP contribution in [0.2, 0.25) is 0 Å². The molecule has 0 aliphatic rings. The number of rotatable bonds is 3. The van der Waals surface area contributed by atoms with E-state index < -0.39 is 0 Å². The molecule has 2 aromatic rings. The van der Waals surface area contributed by atoms with E-state index in [1.54, 1.807) is 12.3 Å². The van der Waals surface area contributed by atoms with Crippen molar-refractivity contribution in [3.63, 3.8) is 0 Å². The van der Waals surface area contributed by atoms with Gasteiger partial charge < -0.3 is 9.68 Å². The van der Waals surface area contributed by atoms with Crippen LogP contribution in [0.3, 0.4) is 0 Å². The van der Waals surface area contributed by atoms with Gasteiger partial charge in [0.1, 0.15) is 6.07 Å². The molecule has 1 heterocycles.